The van der Waals surface area contributed by atoms with Crippen molar-refractivity contribution < 1.29 is 28.6 Å². The molecule has 0 spiro atoms. The fourth-order valence-corrected chi connectivity index (χ4v) is 6.07. The summed E-state index contributed by atoms with van der Waals surface area (Å²) in [4.78, 5) is 37.8. The van der Waals surface area contributed by atoms with Gasteiger partial charge >= 0.3 is 17.9 Å². The molecule has 0 aliphatic heterocycles. The van der Waals surface area contributed by atoms with Gasteiger partial charge in [-0.1, -0.05) is 194 Å². The summed E-state index contributed by atoms with van der Waals surface area (Å²) in [6.45, 7) is 6.26. The van der Waals surface area contributed by atoms with E-state index >= 15 is 0 Å². The summed E-state index contributed by atoms with van der Waals surface area (Å²) in [5.74, 6) is -1.03. The Labute approximate surface area is 368 Å². The van der Waals surface area contributed by atoms with Gasteiger partial charge in [0.05, 0.1) is 0 Å². The van der Waals surface area contributed by atoms with Crippen molar-refractivity contribution in [3.05, 3.63) is 109 Å². The van der Waals surface area contributed by atoms with Gasteiger partial charge < -0.3 is 14.2 Å². The monoisotopic (exact) mass is 831 g/mol. The lowest BCUT2D eigenvalue weighted by Gasteiger charge is -2.18. The van der Waals surface area contributed by atoms with Crippen LogP contribution >= 0.6 is 0 Å². The molecule has 0 radical (unpaired) electrons. The number of carbonyl (C=O) groups excluding carboxylic acids is 3. The van der Waals surface area contributed by atoms with Crippen LogP contribution in [-0.2, 0) is 28.6 Å². The molecule has 0 amide bonds. The normalized spacial score (nSPS) is 13.1. The maximum absolute atomic E-state index is 12.7. The molecule has 0 aliphatic rings. The average Bonchev–Trinajstić information content (AvgIpc) is 3.24. The summed E-state index contributed by atoms with van der Waals surface area (Å²) < 4.78 is 16.6. The van der Waals surface area contributed by atoms with Crippen LogP contribution in [0.4, 0.5) is 0 Å². The molecule has 1 unspecified atom stereocenters. The molecule has 0 saturated carbocycles. The zero-order valence-corrected chi connectivity index (χ0v) is 38.4. The zero-order valence-electron chi connectivity index (χ0n) is 38.4. The Hall–Kier alpha value is -3.93. The van der Waals surface area contributed by atoms with E-state index < -0.39 is 12.1 Å². The van der Waals surface area contributed by atoms with Gasteiger partial charge in [-0.2, -0.15) is 0 Å². The van der Waals surface area contributed by atoms with Crippen LogP contribution in [0.15, 0.2) is 109 Å². The highest BCUT2D eigenvalue weighted by Gasteiger charge is 2.19. The highest BCUT2D eigenvalue weighted by atomic mass is 16.6. The first-order chi connectivity index (χ1) is 29.5. The predicted molar refractivity (Wildman–Crippen MR) is 256 cm³/mol. The summed E-state index contributed by atoms with van der Waals surface area (Å²) in [5, 5.41) is 0. The molecule has 6 nitrogen and oxygen atoms in total. The summed E-state index contributed by atoms with van der Waals surface area (Å²) in [6, 6.07) is 0. The molecule has 0 aromatic rings. The molecule has 0 N–H and O–H groups in total. The largest absolute Gasteiger partial charge is 0.462 e. The highest BCUT2D eigenvalue weighted by molar-refractivity contribution is 5.71. The Balaban J connectivity index is 4.54. The van der Waals surface area contributed by atoms with Gasteiger partial charge in [-0.3, -0.25) is 14.4 Å². The summed E-state index contributed by atoms with van der Waals surface area (Å²) >= 11 is 0. The highest BCUT2D eigenvalue weighted by Crippen LogP contribution is 2.12. The lowest BCUT2D eigenvalue weighted by Crippen LogP contribution is -2.30. The SMILES string of the molecule is CC/C=C/C=C/C=C/C=C/C=C/CCCC(=O)OC(COC(=O)CCCCC/C=C/CCCCCCCC)COC(=O)CCCCCCCC/C=C/C/C=C/C/C=C/CC. The Kier molecular flexibility index (Phi) is 44.6. The lowest BCUT2D eigenvalue weighted by atomic mass is 10.1. The van der Waals surface area contributed by atoms with Crippen molar-refractivity contribution >= 4 is 17.9 Å². The molecule has 0 fully saturated rings. The number of carbonyl (C=O) groups is 3. The van der Waals surface area contributed by atoms with Crippen LogP contribution in [0.3, 0.4) is 0 Å². The third-order valence-corrected chi connectivity index (χ3v) is 9.62. The first kappa shape index (κ1) is 56.1. The van der Waals surface area contributed by atoms with Crippen molar-refractivity contribution in [1.82, 2.24) is 0 Å². The van der Waals surface area contributed by atoms with Gasteiger partial charge in [-0.15, -0.1) is 0 Å². The Morgan fingerprint density at radius 2 is 0.750 bits per heavy atom. The van der Waals surface area contributed by atoms with Crippen LogP contribution in [0, 0.1) is 0 Å². The van der Waals surface area contributed by atoms with Crippen molar-refractivity contribution in [2.45, 2.75) is 200 Å². The molecule has 0 heterocycles. The Bertz CT molecular complexity index is 1280. The van der Waals surface area contributed by atoms with E-state index in [1.165, 1.54) is 51.4 Å². The molecule has 338 valence electrons. The minimum Gasteiger partial charge on any atom is -0.462 e. The number of unbranched alkanes of at least 4 members (excludes halogenated alkanes) is 16. The molecular formula is C54H86O6. The Morgan fingerprint density at radius 3 is 1.28 bits per heavy atom. The number of hydrogen-bond acceptors (Lipinski definition) is 6. The number of rotatable bonds is 41. The van der Waals surface area contributed by atoms with Gasteiger partial charge in [0.15, 0.2) is 6.10 Å². The topological polar surface area (TPSA) is 78.9 Å². The second-order valence-electron chi connectivity index (χ2n) is 15.4. The van der Waals surface area contributed by atoms with Gasteiger partial charge in [0.1, 0.15) is 13.2 Å². The second-order valence-corrected chi connectivity index (χ2v) is 15.4. The first-order valence-electron chi connectivity index (χ1n) is 24.0. The molecule has 60 heavy (non-hydrogen) atoms. The average molecular weight is 831 g/mol. The van der Waals surface area contributed by atoms with E-state index in [-0.39, 0.29) is 31.6 Å². The van der Waals surface area contributed by atoms with E-state index in [1.807, 2.05) is 54.7 Å². The molecule has 0 aromatic heterocycles. The predicted octanol–water partition coefficient (Wildman–Crippen LogP) is 15.6. The van der Waals surface area contributed by atoms with Crippen molar-refractivity contribution in [3.8, 4) is 0 Å². The van der Waals surface area contributed by atoms with Crippen LogP contribution in [0.25, 0.3) is 0 Å². The van der Waals surface area contributed by atoms with Crippen molar-refractivity contribution in [2.75, 3.05) is 13.2 Å². The quantitative estimate of drug-likeness (QED) is 0.0201. The van der Waals surface area contributed by atoms with E-state index in [4.69, 9.17) is 14.2 Å². The van der Waals surface area contributed by atoms with Gasteiger partial charge in [-0.25, -0.2) is 0 Å². The number of hydrogen-bond donors (Lipinski definition) is 0. The maximum atomic E-state index is 12.7. The van der Waals surface area contributed by atoms with Gasteiger partial charge in [0, 0.05) is 19.3 Å². The Morgan fingerprint density at radius 1 is 0.367 bits per heavy atom. The van der Waals surface area contributed by atoms with E-state index in [9.17, 15) is 14.4 Å². The first-order valence-corrected chi connectivity index (χ1v) is 24.0. The minimum absolute atomic E-state index is 0.121. The number of esters is 3. The van der Waals surface area contributed by atoms with Crippen LogP contribution in [0.2, 0.25) is 0 Å². The third kappa shape index (κ3) is 45.2. The molecule has 0 bridgehead atoms. The molecular weight excluding hydrogens is 745 g/mol. The summed E-state index contributed by atoms with van der Waals surface area (Å²) in [7, 11) is 0. The third-order valence-electron chi connectivity index (χ3n) is 9.62. The fraction of sp³-hybridized carbons (Fsp3) is 0.611. The molecule has 0 rings (SSSR count). The zero-order chi connectivity index (χ0) is 43.7. The molecule has 6 heteroatoms. The molecule has 0 aliphatic carbocycles. The van der Waals surface area contributed by atoms with E-state index in [2.05, 4.69) is 75.5 Å². The van der Waals surface area contributed by atoms with Crippen molar-refractivity contribution in [2.24, 2.45) is 0 Å². The van der Waals surface area contributed by atoms with Crippen molar-refractivity contribution in [1.29, 1.82) is 0 Å². The minimum atomic E-state index is -0.827. The van der Waals surface area contributed by atoms with Crippen LogP contribution in [-0.4, -0.2) is 37.2 Å². The van der Waals surface area contributed by atoms with Gasteiger partial charge in [-0.05, 0) is 89.9 Å². The second kappa shape index (κ2) is 47.7. The molecule has 1 atom stereocenters. The van der Waals surface area contributed by atoms with E-state index in [0.717, 1.165) is 96.3 Å². The van der Waals surface area contributed by atoms with Crippen LogP contribution in [0.5, 0.6) is 0 Å². The van der Waals surface area contributed by atoms with E-state index in [0.29, 0.717) is 19.3 Å². The lowest BCUT2D eigenvalue weighted by molar-refractivity contribution is -0.167. The number of allylic oxidation sites excluding steroid dienone is 18. The van der Waals surface area contributed by atoms with Crippen molar-refractivity contribution in [3.63, 3.8) is 0 Å². The standard InChI is InChI=1S/C54H86O6/c1-4-7-10-13-16-19-22-25-26-27-30-32-35-38-41-44-47-53(56)59-50-51(60-54(57)48-45-42-39-36-33-29-24-21-18-15-12-9-6-3)49-58-52(55)46-43-40-37-34-31-28-23-20-17-14-11-8-5-2/h7,9-10,12,15-16,18-19,21,24-26,28-29,31,33,36,39,51H,4-6,8,11,13-14,17,20,22-23,27,30,32,34-35,37-38,40-50H2,1-3H3/b10-7+,12-9+,18-15+,19-16+,24-21+,26-25+,31-28+,33-29+,39-36+. The molecule has 0 aromatic carbocycles. The maximum Gasteiger partial charge on any atom is 0.306 e. The van der Waals surface area contributed by atoms with Crippen LogP contribution < -0.4 is 0 Å². The molecule has 0 saturated heterocycles. The fourth-order valence-electron chi connectivity index (χ4n) is 6.07. The van der Waals surface area contributed by atoms with Gasteiger partial charge in [0.25, 0.3) is 0 Å². The van der Waals surface area contributed by atoms with Crippen LogP contribution in [0.1, 0.15) is 194 Å². The van der Waals surface area contributed by atoms with Gasteiger partial charge in [0.2, 0.25) is 0 Å². The number of ether oxygens (including phenoxy) is 3. The van der Waals surface area contributed by atoms with E-state index in [1.54, 1.807) is 0 Å². The summed E-state index contributed by atoms with van der Waals surface area (Å²) in [6.07, 6.45) is 63.6. The smallest absolute Gasteiger partial charge is 0.306 e. The summed E-state index contributed by atoms with van der Waals surface area (Å²) in [5.41, 5.74) is 0.